The molecule has 0 aliphatic carbocycles. The van der Waals surface area contributed by atoms with E-state index in [1.165, 1.54) is 0 Å². The Bertz CT molecular complexity index is 560. The molecule has 0 aliphatic rings. The van der Waals surface area contributed by atoms with E-state index < -0.39 is 0 Å². The van der Waals surface area contributed by atoms with Crippen molar-refractivity contribution >= 4 is 0 Å². The number of hydrogen-bond donors (Lipinski definition) is 1. The maximum absolute atomic E-state index is 12.2. The second kappa shape index (κ2) is 5.65. The van der Waals surface area contributed by atoms with E-state index in [2.05, 4.69) is 0 Å². The summed E-state index contributed by atoms with van der Waals surface area (Å²) in [6.45, 7) is 1.87. The molecule has 1 heterocycles. The maximum Gasteiger partial charge on any atom is 0.254 e. The number of nitrogens with zero attached hydrogens (tertiary/aromatic N) is 1. The van der Waals surface area contributed by atoms with Crippen LogP contribution < -0.4 is 5.56 Å². The van der Waals surface area contributed by atoms with Crippen molar-refractivity contribution in [3.05, 3.63) is 70.1 Å². The van der Waals surface area contributed by atoms with Crippen LogP contribution in [0.2, 0.25) is 0 Å². The SMILES string of the molecule is CCc1cccn(C(CO)c2ccccc2)c1=O. The Morgan fingerprint density at radius 3 is 2.50 bits per heavy atom. The van der Waals surface area contributed by atoms with E-state index in [0.29, 0.717) is 6.42 Å². The number of aromatic nitrogens is 1. The first kappa shape index (κ1) is 12.6. The molecule has 3 nitrogen and oxygen atoms in total. The summed E-state index contributed by atoms with van der Waals surface area (Å²) in [5.41, 5.74) is 1.69. The lowest BCUT2D eigenvalue weighted by Crippen LogP contribution is -2.29. The summed E-state index contributed by atoms with van der Waals surface area (Å²) >= 11 is 0. The van der Waals surface area contributed by atoms with Crippen molar-refractivity contribution in [2.45, 2.75) is 19.4 Å². The highest BCUT2D eigenvalue weighted by Crippen LogP contribution is 2.15. The summed E-state index contributed by atoms with van der Waals surface area (Å²) in [4.78, 5) is 12.2. The predicted molar refractivity (Wildman–Crippen MR) is 71.7 cm³/mol. The molecule has 0 radical (unpaired) electrons. The maximum atomic E-state index is 12.2. The fourth-order valence-electron chi connectivity index (χ4n) is 2.10. The molecule has 1 aromatic heterocycles. The van der Waals surface area contributed by atoms with E-state index in [9.17, 15) is 9.90 Å². The molecule has 2 rings (SSSR count). The van der Waals surface area contributed by atoms with Crippen LogP contribution in [0.1, 0.15) is 24.1 Å². The third-order valence-electron chi connectivity index (χ3n) is 3.13. The van der Waals surface area contributed by atoms with E-state index in [1.54, 1.807) is 10.8 Å². The van der Waals surface area contributed by atoms with Crippen LogP contribution in [0.3, 0.4) is 0 Å². The number of rotatable bonds is 4. The third kappa shape index (κ3) is 2.36. The number of benzene rings is 1. The summed E-state index contributed by atoms with van der Waals surface area (Å²) in [5, 5.41) is 9.56. The second-order valence-electron chi connectivity index (χ2n) is 4.21. The lowest BCUT2D eigenvalue weighted by molar-refractivity contribution is 0.246. The van der Waals surface area contributed by atoms with Crippen LogP contribution in [0.5, 0.6) is 0 Å². The molecular formula is C15H17NO2. The Hall–Kier alpha value is -1.87. The van der Waals surface area contributed by atoms with E-state index in [0.717, 1.165) is 11.1 Å². The minimum absolute atomic E-state index is 0.0251. The number of aliphatic hydroxyl groups excluding tert-OH is 1. The van der Waals surface area contributed by atoms with E-state index in [1.807, 2.05) is 49.4 Å². The first-order valence-corrected chi connectivity index (χ1v) is 6.13. The molecule has 1 N–H and O–H groups in total. The molecule has 1 atom stereocenters. The van der Waals surface area contributed by atoms with Crippen molar-refractivity contribution in [2.24, 2.45) is 0 Å². The Kier molecular flexibility index (Phi) is 3.95. The highest BCUT2D eigenvalue weighted by molar-refractivity contribution is 5.21. The molecule has 18 heavy (non-hydrogen) atoms. The smallest absolute Gasteiger partial charge is 0.254 e. The van der Waals surface area contributed by atoms with Gasteiger partial charge >= 0.3 is 0 Å². The molecule has 0 saturated carbocycles. The minimum Gasteiger partial charge on any atom is -0.394 e. The van der Waals surface area contributed by atoms with Crippen LogP contribution in [0.15, 0.2) is 53.5 Å². The van der Waals surface area contributed by atoms with Crippen LogP contribution in [0, 0.1) is 0 Å². The van der Waals surface area contributed by atoms with Gasteiger partial charge in [0.15, 0.2) is 0 Å². The molecule has 0 fully saturated rings. The highest BCUT2D eigenvalue weighted by atomic mass is 16.3. The topological polar surface area (TPSA) is 42.2 Å². The molecule has 94 valence electrons. The minimum atomic E-state index is -0.315. The van der Waals surface area contributed by atoms with Gasteiger partial charge in [0.25, 0.3) is 5.56 Å². The highest BCUT2D eigenvalue weighted by Gasteiger charge is 2.14. The van der Waals surface area contributed by atoms with Crippen LogP contribution in [-0.2, 0) is 6.42 Å². The molecule has 0 saturated heterocycles. The fourth-order valence-corrected chi connectivity index (χ4v) is 2.10. The van der Waals surface area contributed by atoms with Crippen LogP contribution in [0.25, 0.3) is 0 Å². The van der Waals surface area contributed by atoms with Crippen LogP contribution in [0.4, 0.5) is 0 Å². The third-order valence-corrected chi connectivity index (χ3v) is 3.13. The first-order chi connectivity index (χ1) is 8.77. The summed E-state index contributed by atoms with van der Waals surface area (Å²) < 4.78 is 1.61. The largest absolute Gasteiger partial charge is 0.394 e. The summed E-state index contributed by atoms with van der Waals surface area (Å²) in [6, 6.07) is 13.0. The average Bonchev–Trinajstić information content (AvgIpc) is 2.43. The molecule has 0 aliphatic heterocycles. The van der Waals surface area contributed by atoms with Crippen molar-refractivity contribution < 1.29 is 5.11 Å². The van der Waals surface area contributed by atoms with Gasteiger partial charge in [-0.2, -0.15) is 0 Å². The van der Waals surface area contributed by atoms with Crippen LogP contribution >= 0.6 is 0 Å². The van der Waals surface area contributed by atoms with Crippen LogP contribution in [-0.4, -0.2) is 16.3 Å². The van der Waals surface area contributed by atoms with Crippen molar-refractivity contribution in [1.82, 2.24) is 4.57 Å². The van der Waals surface area contributed by atoms with Gasteiger partial charge in [-0.05, 0) is 18.1 Å². The second-order valence-corrected chi connectivity index (χ2v) is 4.21. The zero-order chi connectivity index (χ0) is 13.0. The molecular weight excluding hydrogens is 226 g/mol. The standard InChI is InChI=1S/C15H17NO2/c1-2-12-9-6-10-16(15(12)18)14(11-17)13-7-4-3-5-8-13/h3-10,14,17H,2,11H2,1H3. The first-order valence-electron chi connectivity index (χ1n) is 6.13. The van der Waals surface area contributed by atoms with Crippen molar-refractivity contribution in [3.8, 4) is 0 Å². The molecule has 1 aromatic carbocycles. The fraction of sp³-hybridized carbons (Fsp3) is 0.267. The van der Waals surface area contributed by atoms with Crippen molar-refractivity contribution in [1.29, 1.82) is 0 Å². The quantitative estimate of drug-likeness (QED) is 0.892. The average molecular weight is 243 g/mol. The Morgan fingerprint density at radius 1 is 1.17 bits per heavy atom. The Balaban J connectivity index is 2.49. The molecule has 0 bridgehead atoms. The Labute approximate surface area is 106 Å². The zero-order valence-electron chi connectivity index (χ0n) is 10.4. The molecule has 0 amide bonds. The van der Waals surface area contributed by atoms with E-state index >= 15 is 0 Å². The van der Waals surface area contributed by atoms with Gasteiger partial charge in [0, 0.05) is 11.8 Å². The zero-order valence-corrected chi connectivity index (χ0v) is 10.4. The summed E-state index contributed by atoms with van der Waals surface area (Å²) in [6.07, 6.45) is 2.43. The van der Waals surface area contributed by atoms with Gasteiger partial charge < -0.3 is 9.67 Å². The molecule has 2 aromatic rings. The number of aliphatic hydroxyl groups is 1. The molecule has 1 unspecified atom stereocenters. The van der Waals surface area contributed by atoms with E-state index in [-0.39, 0.29) is 18.2 Å². The number of pyridine rings is 1. The monoisotopic (exact) mass is 243 g/mol. The summed E-state index contributed by atoms with van der Waals surface area (Å²) in [5.74, 6) is 0. The van der Waals surface area contributed by atoms with Crippen molar-refractivity contribution in [2.75, 3.05) is 6.61 Å². The normalized spacial score (nSPS) is 12.3. The summed E-state index contributed by atoms with van der Waals surface area (Å²) in [7, 11) is 0. The van der Waals surface area contributed by atoms with Gasteiger partial charge in [-0.15, -0.1) is 0 Å². The lowest BCUT2D eigenvalue weighted by atomic mass is 10.1. The van der Waals surface area contributed by atoms with Gasteiger partial charge in [-0.1, -0.05) is 43.3 Å². The van der Waals surface area contributed by atoms with Gasteiger partial charge in [0.2, 0.25) is 0 Å². The molecule has 0 spiro atoms. The Morgan fingerprint density at radius 2 is 1.89 bits per heavy atom. The lowest BCUT2D eigenvalue weighted by Gasteiger charge is -2.18. The van der Waals surface area contributed by atoms with E-state index in [4.69, 9.17) is 0 Å². The van der Waals surface area contributed by atoms with Gasteiger partial charge in [0.05, 0.1) is 12.6 Å². The van der Waals surface area contributed by atoms with Crippen molar-refractivity contribution in [3.63, 3.8) is 0 Å². The number of hydrogen-bond acceptors (Lipinski definition) is 2. The molecule has 3 heteroatoms. The van der Waals surface area contributed by atoms with Gasteiger partial charge in [0.1, 0.15) is 0 Å². The predicted octanol–water partition coefficient (Wildman–Crippen LogP) is 1.99. The van der Waals surface area contributed by atoms with Gasteiger partial charge in [-0.3, -0.25) is 4.79 Å². The number of aryl methyl sites for hydroxylation is 1. The van der Waals surface area contributed by atoms with Gasteiger partial charge in [-0.25, -0.2) is 0 Å².